The van der Waals surface area contributed by atoms with Crippen LogP contribution in [0.25, 0.3) is 10.8 Å². The summed E-state index contributed by atoms with van der Waals surface area (Å²) in [4.78, 5) is 35.8. The molecule has 1 saturated heterocycles. The molecular formula is C14H13N3O4. The Hall–Kier alpha value is -2.70. The molecule has 7 nitrogen and oxygen atoms in total. The second-order valence-corrected chi connectivity index (χ2v) is 4.94. The summed E-state index contributed by atoms with van der Waals surface area (Å²) in [5, 5.41) is 16.8. The highest BCUT2D eigenvalue weighted by Gasteiger charge is 2.27. The Kier molecular flexibility index (Phi) is 3.17. The van der Waals surface area contributed by atoms with Crippen LogP contribution in [0.3, 0.4) is 0 Å². The van der Waals surface area contributed by atoms with Gasteiger partial charge in [-0.05, 0) is 18.6 Å². The minimum Gasteiger partial charge on any atom is -0.507 e. The third-order valence-corrected chi connectivity index (χ3v) is 3.59. The first kappa shape index (κ1) is 13.3. The Morgan fingerprint density at radius 3 is 2.86 bits per heavy atom. The smallest absolute Gasteiger partial charge is 0.275 e. The molecule has 1 aromatic heterocycles. The normalized spacial score (nSPS) is 19.3. The van der Waals surface area contributed by atoms with E-state index in [1.54, 1.807) is 12.1 Å². The predicted octanol–water partition coefficient (Wildman–Crippen LogP) is 0.122. The fraction of sp³-hybridized carbons (Fsp3) is 0.286. The lowest BCUT2D eigenvalue weighted by atomic mass is 10.1. The molecule has 1 fully saturated rings. The predicted molar refractivity (Wildman–Crippen MR) is 74.0 cm³/mol. The highest BCUT2D eigenvalue weighted by molar-refractivity contribution is 5.91. The van der Waals surface area contributed by atoms with Gasteiger partial charge in [0.15, 0.2) is 5.78 Å². The number of nitrogens with one attached hydrogen (secondary N) is 1. The fourth-order valence-electron chi connectivity index (χ4n) is 2.45. The summed E-state index contributed by atoms with van der Waals surface area (Å²) in [6, 6.07) is 3.77. The number of amides is 1. The number of fused-ring (bicyclic) bond motifs is 1. The first-order chi connectivity index (χ1) is 10.1. The summed E-state index contributed by atoms with van der Waals surface area (Å²) in [6.45, 7) is -0.0154. The van der Waals surface area contributed by atoms with Crippen LogP contribution in [-0.4, -0.2) is 33.1 Å². The van der Waals surface area contributed by atoms with Crippen molar-refractivity contribution in [2.24, 2.45) is 0 Å². The van der Waals surface area contributed by atoms with Gasteiger partial charge >= 0.3 is 0 Å². The van der Waals surface area contributed by atoms with Crippen LogP contribution in [0.4, 0.5) is 0 Å². The van der Waals surface area contributed by atoms with Gasteiger partial charge in [0.05, 0.1) is 18.1 Å². The van der Waals surface area contributed by atoms with Gasteiger partial charge in [0, 0.05) is 11.8 Å². The number of nitrogens with zero attached hydrogens (tertiary/aromatic N) is 2. The Labute approximate surface area is 119 Å². The molecule has 1 aliphatic rings. The molecule has 0 radical (unpaired) electrons. The number of ketones is 1. The average molecular weight is 287 g/mol. The molecule has 2 heterocycles. The van der Waals surface area contributed by atoms with Crippen molar-refractivity contribution in [1.82, 2.24) is 15.1 Å². The van der Waals surface area contributed by atoms with Crippen molar-refractivity contribution in [3.63, 3.8) is 0 Å². The van der Waals surface area contributed by atoms with E-state index in [0.717, 1.165) is 4.68 Å². The van der Waals surface area contributed by atoms with Gasteiger partial charge in [-0.1, -0.05) is 6.07 Å². The van der Waals surface area contributed by atoms with Crippen LogP contribution >= 0.6 is 0 Å². The lowest BCUT2D eigenvalue weighted by Gasteiger charge is -2.15. The van der Waals surface area contributed by atoms with Crippen LogP contribution in [0.1, 0.15) is 18.9 Å². The van der Waals surface area contributed by atoms with Crippen LogP contribution < -0.4 is 10.9 Å². The lowest BCUT2D eigenvalue weighted by Crippen LogP contribution is -2.37. The van der Waals surface area contributed by atoms with Crippen molar-refractivity contribution in [2.75, 3.05) is 6.54 Å². The summed E-state index contributed by atoms with van der Waals surface area (Å²) in [5.74, 6) is -0.503. The number of benzene rings is 1. The van der Waals surface area contributed by atoms with Gasteiger partial charge < -0.3 is 10.4 Å². The average Bonchev–Trinajstić information content (AvgIpc) is 2.63. The van der Waals surface area contributed by atoms with Gasteiger partial charge in [0.2, 0.25) is 5.91 Å². The number of carbonyl (C=O) groups is 2. The molecule has 3 rings (SSSR count). The number of hydrogen-bond acceptors (Lipinski definition) is 5. The van der Waals surface area contributed by atoms with E-state index in [2.05, 4.69) is 10.4 Å². The molecule has 2 N–H and O–H groups in total. The number of phenolic OH excluding ortho intramolecular Hbond substituents is 1. The Morgan fingerprint density at radius 1 is 1.24 bits per heavy atom. The van der Waals surface area contributed by atoms with Crippen LogP contribution in [0.2, 0.25) is 0 Å². The number of aromatic hydroxyl groups is 1. The second-order valence-electron chi connectivity index (χ2n) is 4.94. The van der Waals surface area contributed by atoms with E-state index in [4.69, 9.17) is 0 Å². The summed E-state index contributed by atoms with van der Waals surface area (Å²) in [6.07, 6.45) is 1.81. The van der Waals surface area contributed by atoms with Gasteiger partial charge in [0.1, 0.15) is 11.8 Å². The first-order valence-corrected chi connectivity index (χ1v) is 6.57. The zero-order valence-electron chi connectivity index (χ0n) is 11.1. The molecule has 21 heavy (non-hydrogen) atoms. The highest BCUT2D eigenvalue weighted by Crippen LogP contribution is 2.22. The van der Waals surface area contributed by atoms with Crippen molar-refractivity contribution in [3.8, 4) is 5.75 Å². The van der Waals surface area contributed by atoms with E-state index < -0.39 is 17.5 Å². The van der Waals surface area contributed by atoms with Gasteiger partial charge in [-0.2, -0.15) is 5.10 Å². The molecule has 0 saturated carbocycles. The maximum atomic E-state index is 12.4. The number of hydrogen-bond donors (Lipinski definition) is 2. The third-order valence-electron chi connectivity index (χ3n) is 3.59. The van der Waals surface area contributed by atoms with Crippen molar-refractivity contribution in [2.45, 2.75) is 18.9 Å². The minimum atomic E-state index is -0.810. The summed E-state index contributed by atoms with van der Waals surface area (Å²) >= 11 is 0. The quantitative estimate of drug-likeness (QED) is 0.776. The summed E-state index contributed by atoms with van der Waals surface area (Å²) < 4.78 is 1.08. The highest BCUT2D eigenvalue weighted by atomic mass is 16.3. The van der Waals surface area contributed by atoms with Gasteiger partial charge in [-0.3, -0.25) is 14.4 Å². The van der Waals surface area contributed by atoms with Crippen molar-refractivity contribution in [3.05, 3.63) is 34.7 Å². The maximum absolute atomic E-state index is 12.4. The molecule has 2 aromatic rings. The molecule has 0 spiro atoms. The first-order valence-electron chi connectivity index (χ1n) is 6.57. The number of rotatable bonds is 1. The van der Waals surface area contributed by atoms with Crippen molar-refractivity contribution in [1.29, 1.82) is 0 Å². The lowest BCUT2D eigenvalue weighted by molar-refractivity contribution is -0.125. The monoisotopic (exact) mass is 287 g/mol. The number of aromatic nitrogens is 2. The second kappa shape index (κ2) is 5.01. The van der Waals surface area contributed by atoms with Crippen LogP contribution in [-0.2, 0) is 9.59 Å². The Morgan fingerprint density at radius 2 is 2.05 bits per heavy atom. The van der Waals surface area contributed by atoms with Crippen LogP contribution in [0, 0.1) is 0 Å². The van der Waals surface area contributed by atoms with E-state index in [0.29, 0.717) is 5.39 Å². The topological polar surface area (TPSA) is 101 Å². The Bertz CT molecular complexity index is 796. The van der Waals surface area contributed by atoms with E-state index in [1.165, 1.54) is 12.3 Å². The van der Waals surface area contributed by atoms with Crippen LogP contribution in [0.5, 0.6) is 5.75 Å². The van der Waals surface area contributed by atoms with E-state index in [1.807, 2.05) is 0 Å². The van der Waals surface area contributed by atoms with Crippen LogP contribution in [0.15, 0.2) is 29.2 Å². The van der Waals surface area contributed by atoms with Gasteiger partial charge in [0.25, 0.3) is 5.56 Å². The minimum absolute atomic E-state index is 0.0154. The maximum Gasteiger partial charge on any atom is 0.275 e. The molecule has 0 aliphatic carbocycles. The molecule has 1 aliphatic heterocycles. The molecule has 1 aromatic carbocycles. The number of phenols is 1. The number of carbonyl (C=O) groups excluding carboxylic acids is 2. The van der Waals surface area contributed by atoms with E-state index >= 15 is 0 Å². The summed E-state index contributed by atoms with van der Waals surface area (Å²) in [7, 11) is 0. The SMILES string of the molecule is O=C1CCC(n2ncc3c(O)cccc3c2=O)C(=O)NC1. The molecule has 1 atom stereocenters. The van der Waals surface area contributed by atoms with Gasteiger partial charge in [-0.25, -0.2) is 4.68 Å². The number of Topliss-reactive ketones (excluding diaryl/α,β-unsaturated/α-hetero) is 1. The van der Waals surface area contributed by atoms with Crippen molar-refractivity contribution >= 4 is 22.5 Å². The zero-order chi connectivity index (χ0) is 15.0. The molecule has 0 bridgehead atoms. The van der Waals surface area contributed by atoms with E-state index in [9.17, 15) is 19.5 Å². The summed E-state index contributed by atoms with van der Waals surface area (Å²) in [5.41, 5.74) is -0.460. The fourth-order valence-corrected chi connectivity index (χ4v) is 2.45. The largest absolute Gasteiger partial charge is 0.507 e. The molecule has 7 heteroatoms. The Balaban J connectivity index is 2.12. The molecule has 108 valence electrons. The zero-order valence-corrected chi connectivity index (χ0v) is 11.1. The molecule has 1 amide bonds. The third kappa shape index (κ3) is 2.26. The molecular weight excluding hydrogens is 274 g/mol. The van der Waals surface area contributed by atoms with E-state index in [-0.39, 0.29) is 36.3 Å². The molecule has 1 unspecified atom stereocenters. The van der Waals surface area contributed by atoms with Crippen molar-refractivity contribution < 1.29 is 14.7 Å². The van der Waals surface area contributed by atoms with Gasteiger partial charge in [-0.15, -0.1) is 0 Å². The standard InChI is InChI=1S/C14H13N3O4/c18-8-4-5-11(13(20)15-6-8)17-14(21)9-2-1-3-12(19)10(9)7-16-17/h1-3,7,11,19H,4-6H2,(H,15,20).